The highest BCUT2D eigenvalue weighted by Gasteiger charge is 2.21. The van der Waals surface area contributed by atoms with E-state index in [4.69, 9.17) is 0 Å². The number of rotatable bonds is 7. The van der Waals surface area contributed by atoms with Gasteiger partial charge in [-0.15, -0.1) is 0 Å². The molecule has 2 aromatic rings. The van der Waals surface area contributed by atoms with E-state index in [2.05, 4.69) is 29.0 Å². The lowest BCUT2D eigenvalue weighted by Gasteiger charge is -2.31. The Morgan fingerprint density at radius 1 is 1.07 bits per heavy atom. The van der Waals surface area contributed by atoms with Crippen LogP contribution < -0.4 is 4.72 Å². The van der Waals surface area contributed by atoms with E-state index in [-0.39, 0.29) is 10.8 Å². The van der Waals surface area contributed by atoms with Crippen LogP contribution in [-0.2, 0) is 21.2 Å². The molecule has 3 rings (SSSR count). The minimum atomic E-state index is -3.45. The Bertz CT molecular complexity index is 930. The summed E-state index contributed by atoms with van der Waals surface area (Å²) in [5, 5.41) is 0. The molecule has 29 heavy (non-hydrogen) atoms. The number of nitrogens with zero attached hydrogens (tertiary/aromatic N) is 1. The largest absolute Gasteiger partial charge is 0.339 e. The van der Waals surface area contributed by atoms with Gasteiger partial charge in [0.15, 0.2) is 0 Å². The average Bonchev–Trinajstić information content (AvgIpc) is 2.73. The van der Waals surface area contributed by atoms with Gasteiger partial charge in [0.1, 0.15) is 0 Å². The monoisotopic (exact) mass is 412 g/mol. The average molecular weight is 413 g/mol. The fourth-order valence-corrected chi connectivity index (χ4v) is 4.65. The molecule has 0 aromatic heterocycles. The van der Waals surface area contributed by atoms with Gasteiger partial charge in [-0.1, -0.05) is 49.4 Å². The van der Waals surface area contributed by atoms with Crippen molar-refractivity contribution in [2.45, 2.75) is 31.1 Å². The van der Waals surface area contributed by atoms with E-state index in [9.17, 15) is 13.2 Å². The van der Waals surface area contributed by atoms with Gasteiger partial charge in [0, 0.05) is 25.7 Å². The highest BCUT2D eigenvalue weighted by molar-refractivity contribution is 7.89. The molecule has 0 atom stereocenters. The van der Waals surface area contributed by atoms with Crippen LogP contribution in [0.2, 0.25) is 0 Å². The number of benzene rings is 2. The number of hydrogen-bond donors (Lipinski definition) is 1. The van der Waals surface area contributed by atoms with Crippen molar-refractivity contribution >= 4 is 22.0 Å². The minimum absolute atomic E-state index is 0.00695. The Morgan fingerprint density at radius 3 is 2.34 bits per heavy atom. The van der Waals surface area contributed by atoms with Gasteiger partial charge in [-0.3, -0.25) is 4.79 Å². The normalized spacial score (nSPS) is 15.7. The zero-order chi connectivity index (χ0) is 20.7. The van der Waals surface area contributed by atoms with Crippen LogP contribution in [0.15, 0.2) is 65.6 Å². The van der Waals surface area contributed by atoms with E-state index in [1.165, 1.54) is 5.56 Å². The van der Waals surface area contributed by atoms with Crippen LogP contribution in [0.5, 0.6) is 0 Å². The van der Waals surface area contributed by atoms with Crippen molar-refractivity contribution in [2.24, 2.45) is 5.92 Å². The molecule has 1 heterocycles. The van der Waals surface area contributed by atoms with Gasteiger partial charge in [-0.25, -0.2) is 13.1 Å². The Balaban J connectivity index is 1.51. The maximum atomic E-state index is 12.5. The zero-order valence-electron chi connectivity index (χ0n) is 16.8. The lowest BCUT2D eigenvalue weighted by Crippen LogP contribution is -2.37. The Labute approximate surface area is 173 Å². The number of likely N-dealkylation sites (tertiary alicyclic amines) is 1. The Hall–Kier alpha value is -2.44. The quantitative estimate of drug-likeness (QED) is 0.708. The van der Waals surface area contributed by atoms with E-state index >= 15 is 0 Å². The number of sulfonamides is 1. The van der Waals surface area contributed by atoms with E-state index in [0.29, 0.717) is 12.5 Å². The van der Waals surface area contributed by atoms with Gasteiger partial charge >= 0.3 is 0 Å². The maximum Gasteiger partial charge on any atom is 0.246 e. The smallest absolute Gasteiger partial charge is 0.246 e. The second kappa shape index (κ2) is 9.85. The Morgan fingerprint density at radius 2 is 1.72 bits per heavy atom. The molecule has 0 saturated carbocycles. The van der Waals surface area contributed by atoms with Gasteiger partial charge in [0.2, 0.25) is 15.9 Å². The van der Waals surface area contributed by atoms with Gasteiger partial charge in [-0.2, -0.15) is 0 Å². The van der Waals surface area contributed by atoms with Crippen molar-refractivity contribution in [3.63, 3.8) is 0 Å². The third kappa shape index (κ3) is 6.02. The molecule has 0 bridgehead atoms. The highest BCUT2D eigenvalue weighted by Crippen LogP contribution is 2.22. The van der Waals surface area contributed by atoms with Gasteiger partial charge in [-0.05, 0) is 54.5 Å². The minimum Gasteiger partial charge on any atom is -0.339 e. The molecule has 1 saturated heterocycles. The molecule has 0 spiro atoms. The summed E-state index contributed by atoms with van der Waals surface area (Å²) in [6.45, 7) is 3.65. The molecule has 1 aliphatic rings. The summed E-state index contributed by atoms with van der Waals surface area (Å²) in [7, 11) is -3.45. The molecule has 6 heteroatoms. The molecular formula is C23H28N2O3S. The van der Waals surface area contributed by atoms with Crippen LogP contribution in [0, 0.1) is 5.92 Å². The number of nitrogens with one attached hydrogen (secondary N) is 1. The first-order valence-electron chi connectivity index (χ1n) is 10.1. The van der Waals surface area contributed by atoms with Crippen LogP contribution in [0.3, 0.4) is 0 Å². The molecule has 1 amide bonds. The van der Waals surface area contributed by atoms with Crippen molar-refractivity contribution in [3.8, 4) is 0 Å². The summed E-state index contributed by atoms with van der Waals surface area (Å²) in [5.74, 6) is 0.629. The first-order valence-corrected chi connectivity index (χ1v) is 11.6. The number of piperidine rings is 1. The third-order valence-electron chi connectivity index (χ3n) is 5.24. The fraction of sp³-hybridized carbons (Fsp3) is 0.348. The van der Waals surface area contributed by atoms with Gasteiger partial charge in [0.05, 0.1) is 4.90 Å². The van der Waals surface area contributed by atoms with Crippen molar-refractivity contribution in [3.05, 3.63) is 71.8 Å². The molecule has 5 nitrogen and oxygen atoms in total. The molecule has 154 valence electrons. The molecule has 0 unspecified atom stereocenters. The lowest BCUT2D eigenvalue weighted by molar-refractivity contribution is -0.127. The summed E-state index contributed by atoms with van der Waals surface area (Å²) in [6, 6.07) is 17.0. The van der Waals surface area contributed by atoms with Crippen LogP contribution in [0.1, 0.15) is 30.9 Å². The van der Waals surface area contributed by atoms with Gasteiger partial charge in [0.25, 0.3) is 0 Å². The van der Waals surface area contributed by atoms with Crippen molar-refractivity contribution in [1.82, 2.24) is 9.62 Å². The second-order valence-corrected chi connectivity index (χ2v) is 9.13. The van der Waals surface area contributed by atoms with Crippen LogP contribution in [0.25, 0.3) is 6.08 Å². The van der Waals surface area contributed by atoms with Crippen molar-refractivity contribution in [1.29, 1.82) is 0 Å². The van der Waals surface area contributed by atoms with Crippen LogP contribution in [0.4, 0.5) is 0 Å². The molecule has 1 fully saturated rings. The number of hydrogen-bond acceptors (Lipinski definition) is 3. The van der Waals surface area contributed by atoms with Crippen LogP contribution in [-0.4, -0.2) is 38.9 Å². The topological polar surface area (TPSA) is 66.5 Å². The summed E-state index contributed by atoms with van der Waals surface area (Å²) >= 11 is 0. The SMILES string of the molecule is CCNS(=O)(=O)c1ccc(/C=C/C(=O)N2CCC(Cc3ccccc3)CC2)cc1. The predicted octanol–water partition coefficient (Wildman–Crippen LogP) is 3.48. The lowest BCUT2D eigenvalue weighted by atomic mass is 9.90. The zero-order valence-corrected chi connectivity index (χ0v) is 17.6. The first-order chi connectivity index (χ1) is 14.0. The van der Waals surface area contributed by atoms with Crippen molar-refractivity contribution in [2.75, 3.05) is 19.6 Å². The van der Waals surface area contributed by atoms with E-state index < -0.39 is 10.0 Å². The van der Waals surface area contributed by atoms with Crippen LogP contribution >= 0.6 is 0 Å². The van der Waals surface area contributed by atoms with Crippen molar-refractivity contribution < 1.29 is 13.2 Å². The standard InChI is InChI=1S/C23H28N2O3S/c1-2-24-29(27,28)22-11-8-19(9-12-22)10-13-23(26)25-16-14-21(15-17-25)18-20-6-4-3-5-7-20/h3-13,21,24H,2,14-18H2,1H3/b13-10+. The third-order valence-corrected chi connectivity index (χ3v) is 6.80. The number of amides is 1. The molecule has 0 radical (unpaired) electrons. The predicted molar refractivity (Wildman–Crippen MR) is 116 cm³/mol. The van der Waals surface area contributed by atoms with E-state index in [1.807, 2.05) is 11.0 Å². The van der Waals surface area contributed by atoms with E-state index in [1.54, 1.807) is 43.3 Å². The summed E-state index contributed by atoms with van der Waals surface area (Å²) in [6.07, 6.45) is 6.42. The Kier molecular flexibility index (Phi) is 7.23. The molecule has 0 aliphatic carbocycles. The van der Waals surface area contributed by atoms with Gasteiger partial charge < -0.3 is 4.90 Å². The fourth-order valence-electron chi connectivity index (χ4n) is 3.61. The molecule has 1 N–H and O–H groups in total. The second-order valence-electron chi connectivity index (χ2n) is 7.36. The summed E-state index contributed by atoms with van der Waals surface area (Å²) in [4.78, 5) is 14.6. The number of carbonyl (C=O) groups excluding carboxylic acids is 1. The highest BCUT2D eigenvalue weighted by atomic mass is 32.2. The van der Waals surface area contributed by atoms with E-state index in [0.717, 1.165) is 37.9 Å². The first kappa shape index (κ1) is 21.3. The molecular weight excluding hydrogens is 384 g/mol. The summed E-state index contributed by atoms with van der Waals surface area (Å²) in [5.41, 5.74) is 2.16. The maximum absolute atomic E-state index is 12.5. The number of carbonyl (C=O) groups is 1. The summed E-state index contributed by atoms with van der Waals surface area (Å²) < 4.78 is 26.4. The molecule has 1 aliphatic heterocycles. The molecule has 2 aromatic carbocycles.